The Morgan fingerprint density at radius 3 is 2.29 bits per heavy atom. The van der Waals surface area contributed by atoms with E-state index in [1.807, 2.05) is 5.48 Å². The maximum absolute atomic E-state index is 9.16. The van der Waals surface area contributed by atoms with Crippen LogP contribution in [0.1, 0.15) is 51.4 Å². The Hall–Kier alpha value is -1.67. The molecule has 134 valence electrons. The minimum atomic E-state index is 0.170. The zero-order valence-corrected chi connectivity index (χ0v) is 14.3. The Morgan fingerprint density at radius 1 is 0.875 bits per heavy atom. The molecule has 0 bridgehead atoms. The van der Waals surface area contributed by atoms with E-state index in [1.165, 1.54) is 51.6 Å². The topological polar surface area (TPSA) is 98.2 Å². The van der Waals surface area contributed by atoms with Crippen molar-refractivity contribution >= 4 is 17.8 Å². The number of hydrogen-bond acceptors (Lipinski definition) is 8. The molecule has 8 heteroatoms. The van der Waals surface area contributed by atoms with Crippen LogP contribution in [-0.4, -0.2) is 57.3 Å². The lowest BCUT2D eigenvalue weighted by Gasteiger charge is -2.26. The minimum absolute atomic E-state index is 0.170. The molecule has 24 heavy (non-hydrogen) atoms. The summed E-state index contributed by atoms with van der Waals surface area (Å²) in [5, 5.41) is 15.8. The second-order valence-electron chi connectivity index (χ2n) is 6.73. The molecule has 1 aromatic heterocycles. The highest BCUT2D eigenvalue weighted by molar-refractivity contribution is 5.41. The van der Waals surface area contributed by atoms with E-state index in [0.29, 0.717) is 17.9 Å². The predicted octanol–water partition coefficient (Wildman–Crippen LogP) is 2.32. The number of hydrogen-bond donors (Lipinski definition) is 4. The number of aromatic nitrogens is 3. The molecule has 0 atom stereocenters. The summed E-state index contributed by atoms with van der Waals surface area (Å²) in [6, 6.07) is 0.411. The Labute approximate surface area is 143 Å². The van der Waals surface area contributed by atoms with E-state index < -0.39 is 0 Å². The fourth-order valence-electron chi connectivity index (χ4n) is 3.51. The average molecular weight is 335 g/mol. The SMILES string of the molecule is ONc1nc(NCCN2CCCCC2)nc(NC2CCCCC2)n1. The highest BCUT2D eigenvalue weighted by atomic mass is 16.5. The van der Waals surface area contributed by atoms with Gasteiger partial charge in [-0.1, -0.05) is 25.7 Å². The molecule has 1 saturated heterocycles. The largest absolute Gasteiger partial charge is 0.353 e. The zero-order chi connectivity index (χ0) is 16.6. The molecule has 1 aliphatic carbocycles. The predicted molar refractivity (Wildman–Crippen MR) is 94.5 cm³/mol. The van der Waals surface area contributed by atoms with E-state index in [2.05, 4.69) is 30.5 Å². The van der Waals surface area contributed by atoms with Gasteiger partial charge in [-0.15, -0.1) is 0 Å². The van der Waals surface area contributed by atoms with Crippen LogP contribution in [0, 0.1) is 0 Å². The molecule has 2 heterocycles. The number of rotatable bonds is 7. The van der Waals surface area contributed by atoms with E-state index in [4.69, 9.17) is 5.21 Å². The molecule has 1 saturated carbocycles. The summed E-state index contributed by atoms with van der Waals surface area (Å²) in [7, 11) is 0. The van der Waals surface area contributed by atoms with Gasteiger partial charge in [0, 0.05) is 19.1 Å². The van der Waals surface area contributed by atoms with E-state index >= 15 is 0 Å². The third-order valence-corrected chi connectivity index (χ3v) is 4.83. The van der Waals surface area contributed by atoms with Crippen molar-refractivity contribution in [3.8, 4) is 0 Å². The monoisotopic (exact) mass is 335 g/mol. The van der Waals surface area contributed by atoms with Crippen LogP contribution in [0.3, 0.4) is 0 Å². The Kier molecular flexibility index (Phi) is 6.42. The summed E-state index contributed by atoms with van der Waals surface area (Å²) in [4.78, 5) is 15.3. The zero-order valence-electron chi connectivity index (χ0n) is 14.3. The van der Waals surface area contributed by atoms with Crippen LogP contribution >= 0.6 is 0 Å². The first-order chi connectivity index (χ1) is 11.8. The quantitative estimate of drug-likeness (QED) is 0.564. The molecule has 1 aromatic rings. The lowest BCUT2D eigenvalue weighted by Crippen LogP contribution is -2.34. The van der Waals surface area contributed by atoms with Crippen LogP contribution in [0.4, 0.5) is 17.8 Å². The van der Waals surface area contributed by atoms with Gasteiger partial charge in [0.15, 0.2) is 0 Å². The van der Waals surface area contributed by atoms with Gasteiger partial charge in [0.2, 0.25) is 11.9 Å². The second kappa shape index (κ2) is 8.98. The Bertz CT molecular complexity index is 501. The highest BCUT2D eigenvalue weighted by Crippen LogP contribution is 2.21. The third-order valence-electron chi connectivity index (χ3n) is 4.83. The van der Waals surface area contributed by atoms with Crippen LogP contribution in [0.25, 0.3) is 0 Å². The summed E-state index contributed by atoms with van der Waals surface area (Å²) in [6.07, 6.45) is 10.0. The van der Waals surface area contributed by atoms with Crippen molar-refractivity contribution in [3.63, 3.8) is 0 Å². The van der Waals surface area contributed by atoms with Crippen LogP contribution in [0.5, 0.6) is 0 Å². The Balaban J connectivity index is 1.54. The molecular formula is C16H29N7O. The van der Waals surface area contributed by atoms with Crippen LogP contribution < -0.4 is 16.1 Å². The van der Waals surface area contributed by atoms with Crippen molar-refractivity contribution in [2.45, 2.75) is 57.4 Å². The highest BCUT2D eigenvalue weighted by Gasteiger charge is 2.16. The first-order valence-electron chi connectivity index (χ1n) is 9.22. The van der Waals surface area contributed by atoms with Gasteiger partial charge in [0.05, 0.1) is 0 Å². The van der Waals surface area contributed by atoms with Gasteiger partial charge in [-0.2, -0.15) is 15.0 Å². The van der Waals surface area contributed by atoms with Gasteiger partial charge in [-0.25, -0.2) is 5.48 Å². The summed E-state index contributed by atoms with van der Waals surface area (Å²) in [5.74, 6) is 1.19. The molecule has 2 fully saturated rings. The summed E-state index contributed by atoms with van der Waals surface area (Å²) < 4.78 is 0. The van der Waals surface area contributed by atoms with Crippen molar-refractivity contribution in [1.82, 2.24) is 19.9 Å². The molecule has 2 aliphatic rings. The summed E-state index contributed by atoms with van der Waals surface area (Å²) in [6.45, 7) is 4.13. The summed E-state index contributed by atoms with van der Waals surface area (Å²) in [5.41, 5.74) is 2.03. The van der Waals surface area contributed by atoms with Crippen molar-refractivity contribution in [2.24, 2.45) is 0 Å². The molecule has 3 rings (SSSR count). The average Bonchev–Trinajstić information content (AvgIpc) is 2.63. The van der Waals surface area contributed by atoms with Crippen molar-refractivity contribution in [1.29, 1.82) is 0 Å². The molecule has 0 amide bonds. The van der Waals surface area contributed by atoms with Crippen molar-refractivity contribution < 1.29 is 5.21 Å². The van der Waals surface area contributed by atoms with Crippen molar-refractivity contribution in [3.05, 3.63) is 0 Å². The number of nitrogens with zero attached hydrogens (tertiary/aromatic N) is 4. The van der Waals surface area contributed by atoms with E-state index in [-0.39, 0.29) is 5.95 Å². The molecule has 0 aromatic carbocycles. The number of likely N-dealkylation sites (tertiary alicyclic amines) is 1. The Morgan fingerprint density at radius 2 is 1.54 bits per heavy atom. The van der Waals surface area contributed by atoms with Crippen LogP contribution in [0.15, 0.2) is 0 Å². The standard InChI is InChI=1S/C16H29N7O/c24-22-16-20-14(17-9-12-23-10-5-2-6-11-23)19-15(21-16)18-13-7-3-1-4-8-13/h13,24H,1-12H2,(H3,17,18,19,20,21,22). The van der Waals surface area contributed by atoms with Crippen LogP contribution in [0.2, 0.25) is 0 Å². The molecule has 1 aliphatic heterocycles. The van der Waals surface area contributed by atoms with Gasteiger partial charge in [0.1, 0.15) is 0 Å². The molecule has 0 unspecified atom stereocenters. The van der Waals surface area contributed by atoms with Gasteiger partial charge >= 0.3 is 0 Å². The first-order valence-corrected chi connectivity index (χ1v) is 9.22. The fraction of sp³-hybridized carbons (Fsp3) is 0.812. The normalized spacial score (nSPS) is 19.9. The lowest BCUT2D eigenvalue weighted by atomic mass is 9.96. The van der Waals surface area contributed by atoms with Gasteiger partial charge in [-0.3, -0.25) is 5.21 Å². The van der Waals surface area contributed by atoms with Gasteiger partial charge in [0.25, 0.3) is 5.95 Å². The fourth-order valence-corrected chi connectivity index (χ4v) is 3.51. The van der Waals surface area contributed by atoms with Gasteiger partial charge in [-0.05, 0) is 38.8 Å². The molecule has 8 nitrogen and oxygen atoms in total. The number of piperidine rings is 1. The molecule has 4 N–H and O–H groups in total. The van der Waals surface area contributed by atoms with E-state index in [9.17, 15) is 0 Å². The lowest BCUT2D eigenvalue weighted by molar-refractivity contribution is 0.237. The van der Waals surface area contributed by atoms with Crippen LogP contribution in [-0.2, 0) is 0 Å². The number of nitrogens with one attached hydrogen (secondary N) is 3. The smallest absolute Gasteiger partial charge is 0.253 e. The second-order valence-corrected chi connectivity index (χ2v) is 6.73. The van der Waals surface area contributed by atoms with Gasteiger partial charge < -0.3 is 15.5 Å². The molecule has 0 spiro atoms. The maximum Gasteiger partial charge on any atom is 0.253 e. The maximum atomic E-state index is 9.16. The summed E-state index contributed by atoms with van der Waals surface area (Å²) >= 11 is 0. The van der Waals surface area contributed by atoms with E-state index in [1.54, 1.807) is 0 Å². The number of anilines is 3. The molecular weight excluding hydrogens is 306 g/mol. The minimum Gasteiger partial charge on any atom is -0.353 e. The van der Waals surface area contributed by atoms with Crippen molar-refractivity contribution in [2.75, 3.05) is 42.3 Å². The van der Waals surface area contributed by atoms with E-state index in [0.717, 1.165) is 25.9 Å². The first kappa shape index (κ1) is 17.2. The third kappa shape index (κ3) is 5.17. The molecule has 0 radical (unpaired) electrons.